The molecule has 0 aliphatic rings. The van der Waals surface area contributed by atoms with Gasteiger partial charge in [-0.25, -0.2) is 29.9 Å². The number of hydrogen-bond donors (Lipinski definition) is 0. The maximum Gasteiger partial charge on any atom is 0.417 e. The van der Waals surface area contributed by atoms with Gasteiger partial charge in [0.2, 0.25) is 0 Å². The lowest BCUT2D eigenvalue weighted by Crippen LogP contribution is -2.12. The van der Waals surface area contributed by atoms with Crippen LogP contribution in [0.3, 0.4) is 0 Å². The highest BCUT2D eigenvalue weighted by Gasteiger charge is 2.43. The molecule has 0 spiro atoms. The second-order valence-electron chi connectivity index (χ2n) is 34.6. The first kappa shape index (κ1) is 95.3. The molecule has 0 N–H and O–H groups in total. The van der Waals surface area contributed by atoms with Crippen LogP contribution in [0.25, 0.3) is 212 Å². The van der Waals surface area contributed by atoms with E-state index in [9.17, 15) is 60.6 Å². The monoisotopic (exact) mass is 1990 g/mol. The van der Waals surface area contributed by atoms with E-state index in [1.165, 1.54) is 53.1 Å². The van der Waals surface area contributed by atoms with Gasteiger partial charge in [0.1, 0.15) is 12.1 Å². The maximum absolute atomic E-state index is 15.6. The van der Waals surface area contributed by atoms with Crippen molar-refractivity contribution in [2.45, 2.75) is 37.1 Å². The van der Waals surface area contributed by atoms with E-state index in [-0.39, 0.29) is 192 Å². The highest BCUT2D eigenvalue weighted by atomic mass is 19.4. The smallest absolute Gasteiger partial charge is 0.308 e. The molecule has 21 rings (SSSR count). The SMILES string of the molecule is N#Cc1ccccc1-c1cc(-c2nc(-c3ccccc3)nc(-c3ccccc3)n2)cc(-c2cccc(-c3cccc(-c4cc(-c5nc(-c6ccccc6)nc(-c6ccccc6)n5)cc(-c5ccccc5C#N)c4-n4c5ccc(-c6ccc(C(F)(F)F)cc6C(F)(F)F)cc5c5cc(-c6ccc(C(F)(F)F)cc6C(F)(F)F)ccc54)c3C#N)c2C#N)c1-n1c2ccccc2c2cc(-c3ccc(C(F)(F)F)cc3C(F)(F)F)ccc21. The number of benzene rings is 17. The Morgan fingerprint density at radius 1 is 0.182 bits per heavy atom. The Morgan fingerprint density at radius 2 is 0.432 bits per heavy atom. The Morgan fingerprint density at radius 3 is 0.723 bits per heavy atom. The zero-order valence-corrected chi connectivity index (χ0v) is 75.8. The van der Waals surface area contributed by atoms with Crippen LogP contribution in [0.2, 0.25) is 0 Å². The molecule has 0 fully saturated rings. The highest BCUT2D eigenvalue weighted by molar-refractivity contribution is 6.15. The summed E-state index contributed by atoms with van der Waals surface area (Å²) in [5.41, 5.74) is -9.70. The van der Waals surface area contributed by atoms with E-state index in [1.54, 1.807) is 241 Å². The van der Waals surface area contributed by atoms with Gasteiger partial charge < -0.3 is 9.13 Å². The van der Waals surface area contributed by atoms with E-state index in [1.807, 2.05) is 0 Å². The first-order chi connectivity index (χ1) is 71.0. The molecule has 4 heterocycles. The minimum atomic E-state index is -5.50. The molecule has 148 heavy (non-hydrogen) atoms. The van der Waals surface area contributed by atoms with Gasteiger partial charge in [-0.15, -0.1) is 0 Å². The average Bonchev–Trinajstić information content (AvgIpc) is 1.54. The molecule has 21 aromatic rings. The lowest BCUT2D eigenvalue weighted by molar-refractivity contribution is -0.144. The third-order valence-corrected chi connectivity index (χ3v) is 25.8. The van der Waals surface area contributed by atoms with Crippen LogP contribution in [0.4, 0.5) is 79.0 Å². The predicted molar refractivity (Wildman–Crippen MR) is 527 cm³/mol. The van der Waals surface area contributed by atoms with Gasteiger partial charge in [-0.3, -0.25) is 0 Å². The average molecular weight is 1990 g/mol. The Balaban J connectivity index is 0.885. The third-order valence-electron chi connectivity index (χ3n) is 25.8. The molecule has 0 radical (unpaired) electrons. The van der Waals surface area contributed by atoms with E-state index in [4.69, 9.17) is 29.9 Å². The van der Waals surface area contributed by atoms with Crippen LogP contribution in [-0.2, 0) is 37.1 Å². The number of hydrogen-bond acceptors (Lipinski definition) is 10. The first-order valence-electron chi connectivity index (χ1n) is 45.2. The fourth-order valence-corrected chi connectivity index (χ4v) is 19.2. The topological polar surface area (TPSA) is 182 Å². The Bertz CT molecular complexity index is 8930. The number of alkyl halides is 18. The van der Waals surface area contributed by atoms with Crippen molar-refractivity contribution in [3.8, 4) is 193 Å². The normalized spacial score (nSPS) is 12.1. The van der Waals surface area contributed by atoms with Crippen molar-refractivity contribution in [1.29, 1.82) is 21.0 Å². The second kappa shape index (κ2) is 36.8. The molecule has 12 nitrogen and oxygen atoms in total. The number of nitriles is 4. The number of halogens is 18. The quantitative estimate of drug-likeness (QED) is 0.0844. The summed E-state index contributed by atoms with van der Waals surface area (Å²) in [4.78, 5) is 30.6. The summed E-state index contributed by atoms with van der Waals surface area (Å²) in [6, 6.07) is 95.1. The Kier molecular flexibility index (Phi) is 23.7. The molecule has 17 aromatic carbocycles. The number of fused-ring (bicyclic) bond motifs is 6. The molecule has 0 aliphatic carbocycles. The van der Waals surface area contributed by atoms with Gasteiger partial charge in [0.05, 0.1) is 101 Å². The van der Waals surface area contributed by atoms with Crippen LogP contribution in [-0.4, -0.2) is 39.0 Å². The van der Waals surface area contributed by atoms with Gasteiger partial charge in [-0.1, -0.05) is 249 Å². The molecule has 30 heteroatoms. The minimum Gasteiger partial charge on any atom is -0.308 e. The van der Waals surface area contributed by atoms with Gasteiger partial charge >= 0.3 is 37.1 Å². The highest BCUT2D eigenvalue weighted by Crippen LogP contribution is 2.55. The molecule has 0 bridgehead atoms. The zero-order valence-electron chi connectivity index (χ0n) is 75.8. The fourth-order valence-electron chi connectivity index (χ4n) is 19.2. The van der Waals surface area contributed by atoms with Crippen molar-refractivity contribution in [2.75, 3.05) is 0 Å². The summed E-state index contributed by atoms with van der Waals surface area (Å²) in [6.07, 6.45) is -32.1. The zero-order chi connectivity index (χ0) is 103. The van der Waals surface area contributed by atoms with E-state index >= 15 is 39.5 Å². The molecule has 0 aliphatic heterocycles. The molecule has 0 saturated carbocycles. The number of aromatic nitrogens is 8. The first-order valence-corrected chi connectivity index (χ1v) is 45.2. The van der Waals surface area contributed by atoms with Crippen molar-refractivity contribution >= 4 is 43.6 Å². The molecular formula is C118H60F18N12. The lowest BCUT2D eigenvalue weighted by atomic mass is 9.84. The van der Waals surface area contributed by atoms with Crippen LogP contribution in [0, 0.1) is 45.3 Å². The summed E-state index contributed by atoms with van der Waals surface area (Å²) in [7, 11) is 0. The molecule has 0 unspecified atom stereocenters. The van der Waals surface area contributed by atoms with Crippen LogP contribution < -0.4 is 0 Å². The van der Waals surface area contributed by atoms with Crippen LogP contribution in [0.15, 0.2) is 364 Å². The van der Waals surface area contributed by atoms with Crippen LogP contribution in [0.5, 0.6) is 0 Å². The van der Waals surface area contributed by atoms with Crippen molar-refractivity contribution in [3.05, 3.63) is 420 Å². The van der Waals surface area contributed by atoms with Gasteiger partial charge in [0.25, 0.3) is 0 Å². The van der Waals surface area contributed by atoms with Crippen molar-refractivity contribution < 1.29 is 79.0 Å². The van der Waals surface area contributed by atoms with E-state index in [0.29, 0.717) is 63.5 Å². The summed E-state index contributed by atoms with van der Waals surface area (Å²) >= 11 is 0. The van der Waals surface area contributed by atoms with E-state index in [0.717, 1.165) is 30.3 Å². The molecule has 0 atom stereocenters. The predicted octanol–water partition coefficient (Wildman–Crippen LogP) is 33.2. The van der Waals surface area contributed by atoms with Crippen LogP contribution >= 0.6 is 0 Å². The second-order valence-corrected chi connectivity index (χ2v) is 34.6. The largest absolute Gasteiger partial charge is 0.417 e. The van der Waals surface area contributed by atoms with Gasteiger partial charge in [0.15, 0.2) is 34.9 Å². The molecule has 0 saturated heterocycles. The standard InChI is InChI=1S/C118H60F18N12/c119-113(120,121)76-42-45-81(98(58-76)116(128,129)130)69-39-48-102-89(51-69)88-33-17-18-38-101(88)147(102)105-92(79-31-15-13-29-72(79)61-137)54-74(111-143-107(65-21-5-1-6-22-65)141-108(144-111)66-23-7-2-8-24-66)56-94(105)86-36-19-34-84(96(86)63-139)85-35-20-37-87(97(85)64-140)95-57-75(112-145-109(67-25-9-3-10-26-67)142-110(146-112)68-27-11-4-12-28-68)55-93(80-32-16-14-30-73(80)62-138)106(95)148-103-49-40-70(82-46-43-77(114(122,123)124)59-99(82)117(131,132)133)52-90(103)91-53-71(41-50-104(91)148)83-47-44-78(115(125,126)127)60-100(83)118(134,135)136/h1-60H. The van der Waals surface area contributed by atoms with Crippen LogP contribution in [0.1, 0.15) is 55.6 Å². The van der Waals surface area contributed by atoms with Crippen molar-refractivity contribution in [2.24, 2.45) is 0 Å². The summed E-state index contributed by atoms with van der Waals surface area (Å²) in [5, 5.41) is 48.8. The van der Waals surface area contributed by atoms with E-state index < -0.39 is 98.3 Å². The van der Waals surface area contributed by atoms with Crippen molar-refractivity contribution in [3.63, 3.8) is 0 Å². The van der Waals surface area contributed by atoms with Gasteiger partial charge in [-0.05, 0) is 149 Å². The van der Waals surface area contributed by atoms with Gasteiger partial charge in [0, 0.05) is 111 Å². The number of para-hydroxylation sites is 1. The molecule has 0 amide bonds. The van der Waals surface area contributed by atoms with Crippen molar-refractivity contribution in [1.82, 2.24) is 39.0 Å². The number of rotatable bonds is 16. The lowest BCUT2D eigenvalue weighted by Gasteiger charge is -2.23. The third kappa shape index (κ3) is 17.5. The summed E-state index contributed by atoms with van der Waals surface area (Å²) in [5.74, 6) is 0.598. The Labute approximate surface area is 827 Å². The Hall–Kier alpha value is -18.9. The van der Waals surface area contributed by atoms with E-state index in [2.05, 4.69) is 24.3 Å². The number of nitrogens with zero attached hydrogens (tertiary/aromatic N) is 12. The fraction of sp³-hybridized carbons (Fsp3) is 0.0508. The maximum atomic E-state index is 15.6. The summed E-state index contributed by atoms with van der Waals surface area (Å²) < 4.78 is 274. The minimum absolute atomic E-state index is 0.00624. The molecular weight excluding hydrogens is 1930 g/mol. The summed E-state index contributed by atoms with van der Waals surface area (Å²) in [6.45, 7) is 0. The van der Waals surface area contributed by atoms with Gasteiger partial charge in [-0.2, -0.15) is 100 Å². The molecule has 718 valence electrons. The molecule has 4 aromatic heterocycles.